The Bertz CT molecular complexity index is 731. The molecule has 110 valence electrons. The molecular weight excluding hydrogens is 403 g/mol. The van der Waals surface area contributed by atoms with Gasteiger partial charge in [-0.2, -0.15) is 13.5 Å². The molecule has 0 aliphatic carbocycles. The lowest BCUT2D eigenvalue weighted by atomic mass is 10.2. The Morgan fingerprint density at radius 3 is 2.40 bits per heavy atom. The van der Waals surface area contributed by atoms with Gasteiger partial charge >= 0.3 is 7.58 Å². The smallest absolute Gasteiger partial charge is 0.333 e. The van der Waals surface area contributed by atoms with Crippen molar-refractivity contribution in [2.24, 2.45) is 13.5 Å². The molecule has 0 N–H and O–H groups in total. The van der Waals surface area contributed by atoms with Crippen LogP contribution in [0.4, 0.5) is 0 Å². The van der Waals surface area contributed by atoms with Gasteiger partial charge in [0.1, 0.15) is 5.75 Å². The molecule has 2 aliphatic rings. The maximum absolute atomic E-state index is 6.14. The summed E-state index contributed by atoms with van der Waals surface area (Å²) in [6.07, 6.45) is 0. The summed E-state index contributed by atoms with van der Waals surface area (Å²) in [5.74, 6) is -5.24. The second-order valence-electron chi connectivity index (χ2n) is 4.21. The highest BCUT2D eigenvalue weighted by atomic mass is 35.9. The first-order valence-electron chi connectivity index (χ1n) is 5.41. The second-order valence-corrected chi connectivity index (χ2v) is 16.8. The zero-order valence-electron chi connectivity index (χ0n) is 10.1. The first kappa shape index (κ1) is 15.7. The number of benzene rings is 1. The van der Waals surface area contributed by atoms with Gasteiger partial charge in [0.05, 0.1) is 0 Å². The molecule has 1 aromatic rings. The van der Waals surface area contributed by atoms with Gasteiger partial charge in [0.25, 0.3) is 11.8 Å². The third-order valence-corrected chi connectivity index (χ3v) is 14.3. The number of fused-ring (bicyclic) bond motifs is 1. The van der Waals surface area contributed by atoms with Gasteiger partial charge in [-0.15, -0.1) is 0 Å². The van der Waals surface area contributed by atoms with E-state index < -0.39 is 19.4 Å². The Kier molecular flexibility index (Phi) is 4.07. The minimum absolute atomic E-state index is 0.610. The summed E-state index contributed by atoms with van der Waals surface area (Å²) in [4.78, 5) is 0. The number of nitrogens with zero attached hydrogens (tertiary/aromatic N) is 4. The molecule has 2 heterocycles. The maximum atomic E-state index is 6.14. The van der Waals surface area contributed by atoms with Gasteiger partial charge in [-0.1, -0.05) is 18.2 Å². The fraction of sp³-hybridized carbons (Fsp3) is 0.250. The molecule has 0 saturated carbocycles. The van der Waals surface area contributed by atoms with Crippen molar-refractivity contribution in [3.05, 3.63) is 29.8 Å². The molecule has 0 amide bonds. The molecule has 2 aliphatic heterocycles. The maximum Gasteiger partial charge on any atom is 0.333 e. The van der Waals surface area contributed by atoms with E-state index in [2.05, 4.69) is 13.5 Å². The Hall–Kier alpha value is 0.830. The summed E-state index contributed by atoms with van der Waals surface area (Å²) in [6, 6.07) is 7.65. The summed E-state index contributed by atoms with van der Waals surface area (Å²) in [7, 11) is -0.953. The molecule has 1 atom stereocenters. The molecule has 20 heavy (non-hydrogen) atoms. The molecule has 0 fully saturated rings. The third kappa shape index (κ3) is 2.98. The van der Waals surface area contributed by atoms with Crippen LogP contribution in [0.2, 0.25) is 0 Å². The van der Waals surface area contributed by atoms with E-state index in [1.54, 1.807) is 0 Å². The van der Waals surface area contributed by atoms with Crippen molar-refractivity contribution in [3.63, 3.8) is 0 Å². The van der Waals surface area contributed by atoms with Crippen LogP contribution in [0.25, 0.3) is 0 Å². The Labute approximate surface area is 136 Å². The Balaban J connectivity index is 2.23. The van der Waals surface area contributed by atoms with E-state index in [0.717, 1.165) is 5.56 Å². The molecule has 12 heteroatoms. The van der Waals surface area contributed by atoms with Crippen molar-refractivity contribution in [2.45, 2.75) is 6.54 Å². The molecule has 1 aromatic carbocycles. The minimum Gasteiger partial charge on any atom is -0.430 e. The highest BCUT2D eigenvalue weighted by Crippen LogP contribution is 2.86. The number of para-hydroxylation sites is 1. The molecule has 3 rings (SSSR count). The van der Waals surface area contributed by atoms with Crippen molar-refractivity contribution in [1.82, 2.24) is 4.67 Å². The van der Waals surface area contributed by atoms with Crippen molar-refractivity contribution < 1.29 is 4.52 Å². The van der Waals surface area contributed by atoms with Crippen molar-refractivity contribution in [1.29, 1.82) is 0 Å². The number of rotatable bonds is 0. The van der Waals surface area contributed by atoms with Gasteiger partial charge in [0.15, 0.2) is 0 Å². The summed E-state index contributed by atoms with van der Waals surface area (Å²) >= 11 is 24.5. The molecule has 0 saturated heterocycles. The second kappa shape index (κ2) is 5.18. The Morgan fingerprint density at radius 2 is 1.70 bits per heavy atom. The molecular formula is C8H9Cl4N4OP3. The third-order valence-electron chi connectivity index (χ3n) is 2.70. The van der Waals surface area contributed by atoms with Crippen LogP contribution in [0.3, 0.4) is 0 Å². The fourth-order valence-corrected chi connectivity index (χ4v) is 16.8. The zero-order chi connectivity index (χ0) is 14.6. The van der Waals surface area contributed by atoms with E-state index in [9.17, 15) is 0 Å². The molecule has 5 nitrogen and oxygen atoms in total. The lowest BCUT2D eigenvalue weighted by Gasteiger charge is -2.37. The quantitative estimate of drug-likeness (QED) is 0.420. The number of hydrogen-bond donors (Lipinski definition) is 0. The van der Waals surface area contributed by atoms with E-state index >= 15 is 0 Å². The van der Waals surface area contributed by atoms with Crippen LogP contribution in [0.15, 0.2) is 37.8 Å². The lowest BCUT2D eigenvalue weighted by molar-refractivity contribution is 0.420. The number of halogens is 4. The van der Waals surface area contributed by atoms with Gasteiger partial charge in [-0.25, -0.2) is 4.67 Å². The normalized spacial score (nSPS) is 30.4. The van der Waals surface area contributed by atoms with Crippen LogP contribution < -0.4 is 4.52 Å². The number of hydrogen-bond acceptors (Lipinski definition) is 5. The lowest BCUT2D eigenvalue weighted by Crippen LogP contribution is -2.22. The van der Waals surface area contributed by atoms with Crippen LogP contribution >= 0.6 is 64.4 Å². The van der Waals surface area contributed by atoms with Crippen molar-refractivity contribution in [2.75, 3.05) is 7.05 Å². The van der Waals surface area contributed by atoms with E-state index in [1.807, 2.05) is 36.0 Å². The van der Waals surface area contributed by atoms with E-state index in [1.165, 1.54) is 0 Å². The van der Waals surface area contributed by atoms with Gasteiger partial charge < -0.3 is 4.52 Å². The van der Waals surface area contributed by atoms with E-state index in [4.69, 9.17) is 49.5 Å². The minimum atomic E-state index is -2.97. The largest absolute Gasteiger partial charge is 0.430 e. The average molecular weight is 412 g/mol. The van der Waals surface area contributed by atoms with Gasteiger partial charge in [-0.3, -0.25) is 0 Å². The Morgan fingerprint density at radius 1 is 1.05 bits per heavy atom. The molecule has 1 spiro atoms. The van der Waals surface area contributed by atoms with Crippen LogP contribution in [-0.2, 0) is 6.54 Å². The topological polar surface area (TPSA) is 49.5 Å². The molecule has 0 radical (unpaired) electrons. The van der Waals surface area contributed by atoms with Crippen molar-refractivity contribution >= 4 is 64.4 Å². The van der Waals surface area contributed by atoms with Crippen molar-refractivity contribution in [3.8, 4) is 5.75 Å². The fourth-order valence-electron chi connectivity index (χ4n) is 1.90. The van der Waals surface area contributed by atoms with Crippen LogP contribution in [-0.4, -0.2) is 11.7 Å². The SMILES string of the molecule is CN1Cc2ccccc2O[P@@]12=NP(Cl)(Cl)=NP(Cl)(Cl)=N2. The highest BCUT2D eigenvalue weighted by molar-refractivity contribution is 8.20. The average Bonchev–Trinajstić information content (AvgIpc) is 2.26. The van der Waals surface area contributed by atoms with Gasteiger partial charge in [0.2, 0.25) is 0 Å². The first-order valence-corrected chi connectivity index (χ1v) is 14.0. The predicted molar refractivity (Wildman–Crippen MR) is 90.0 cm³/mol. The first-order chi connectivity index (χ1) is 9.22. The van der Waals surface area contributed by atoms with Gasteiger partial charge in [-0.05, 0) is 58.1 Å². The summed E-state index contributed by atoms with van der Waals surface area (Å²) in [5, 5.41) is 0. The standard InChI is InChI=1S/C8H9Cl4N4OP3/c1-16-6-7-4-2-3-5-8(7)17-20(16)14-18(9,10)13-19(11,12)15-20/h2-5H,6H2,1H3. The van der Waals surface area contributed by atoms with E-state index in [0.29, 0.717) is 12.3 Å². The summed E-state index contributed by atoms with van der Waals surface area (Å²) in [5.41, 5.74) is 1.04. The van der Waals surface area contributed by atoms with Crippen LogP contribution in [0, 0.1) is 0 Å². The van der Waals surface area contributed by atoms with E-state index in [-0.39, 0.29) is 0 Å². The zero-order valence-corrected chi connectivity index (χ0v) is 15.8. The summed E-state index contributed by atoms with van der Waals surface area (Å²) in [6.45, 7) is 0.610. The molecule has 0 bridgehead atoms. The summed E-state index contributed by atoms with van der Waals surface area (Å²) < 4.78 is 20.6. The van der Waals surface area contributed by atoms with Crippen LogP contribution in [0.5, 0.6) is 5.75 Å². The molecule has 0 unspecified atom stereocenters. The molecule has 0 aromatic heterocycles. The van der Waals surface area contributed by atoms with Crippen LogP contribution in [0.1, 0.15) is 5.56 Å². The highest BCUT2D eigenvalue weighted by Gasteiger charge is 2.41. The predicted octanol–water partition coefficient (Wildman–Crippen LogP) is 7.32. The monoisotopic (exact) mass is 410 g/mol. The van der Waals surface area contributed by atoms with Gasteiger partial charge in [0, 0.05) is 12.1 Å².